The van der Waals surface area contributed by atoms with Crippen LogP contribution in [0.4, 0.5) is 0 Å². The third-order valence-electron chi connectivity index (χ3n) is 3.50. The molecule has 0 aliphatic heterocycles. The third kappa shape index (κ3) is 2.66. The standard InChI is InChI=1S/C15H20N2OS/c1-9-7-11(3)12(8-10(9)2)14(17-16)15-13(18-4)5-6-19-15/h5-8,14,17H,16H2,1-4H3. The van der Waals surface area contributed by atoms with Crippen molar-refractivity contribution < 1.29 is 4.74 Å². The van der Waals surface area contributed by atoms with Crippen molar-refractivity contribution in [1.82, 2.24) is 5.43 Å². The number of benzene rings is 1. The van der Waals surface area contributed by atoms with E-state index in [0.717, 1.165) is 10.6 Å². The van der Waals surface area contributed by atoms with E-state index >= 15 is 0 Å². The topological polar surface area (TPSA) is 47.3 Å². The summed E-state index contributed by atoms with van der Waals surface area (Å²) >= 11 is 1.65. The summed E-state index contributed by atoms with van der Waals surface area (Å²) in [5.74, 6) is 6.66. The zero-order chi connectivity index (χ0) is 14.0. The zero-order valence-corrected chi connectivity index (χ0v) is 12.6. The van der Waals surface area contributed by atoms with Gasteiger partial charge in [-0.2, -0.15) is 0 Å². The van der Waals surface area contributed by atoms with Gasteiger partial charge in [-0.05, 0) is 54.5 Å². The molecular weight excluding hydrogens is 256 g/mol. The number of nitrogens with one attached hydrogen (secondary N) is 1. The van der Waals surface area contributed by atoms with Gasteiger partial charge in [0.25, 0.3) is 0 Å². The Morgan fingerprint density at radius 3 is 2.47 bits per heavy atom. The van der Waals surface area contributed by atoms with Gasteiger partial charge in [-0.15, -0.1) is 11.3 Å². The Hall–Kier alpha value is -1.36. The highest BCUT2D eigenvalue weighted by Crippen LogP contribution is 2.36. The molecule has 0 spiro atoms. The van der Waals surface area contributed by atoms with Gasteiger partial charge in [0.05, 0.1) is 18.0 Å². The number of ether oxygens (including phenoxy) is 1. The summed E-state index contributed by atoms with van der Waals surface area (Å²) in [7, 11) is 1.69. The smallest absolute Gasteiger partial charge is 0.134 e. The van der Waals surface area contributed by atoms with E-state index < -0.39 is 0 Å². The number of methoxy groups -OCH3 is 1. The van der Waals surface area contributed by atoms with Gasteiger partial charge >= 0.3 is 0 Å². The molecule has 0 aliphatic rings. The Labute approximate surface area is 118 Å². The second kappa shape index (κ2) is 5.74. The molecule has 0 aliphatic carbocycles. The highest BCUT2D eigenvalue weighted by Gasteiger charge is 2.20. The minimum atomic E-state index is -0.0331. The Kier molecular flexibility index (Phi) is 4.24. The lowest BCUT2D eigenvalue weighted by atomic mass is 9.95. The fourth-order valence-corrected chi connectivity index (χ4v) is 3.23. The number of aryl methyl sites for hydroxylation is 3. The van der Waals surface area contributed by atoms with Crippen LogP contribution >= 0.6 is 11.3 Å². The van der Waals surface area contributed by atoms with Crippen LogP contribution in [0.1, 0.15) is 33.2 Å². The van der Waals surface area contributed by atoms with Gasteiger partial charge in [0.2, 0.25) is 0 Å². The van der Waals surface area contributed by atoms with Crippen LogP contribution in [0, 0.1) is 20.8 Å². The molecule has 1 atom stereocenters. The van der Waals surface area contributed by atoms with Gasteiger partial charge in [0.1, 0.15) is 5.75 Å². The second-order valence-corrected chi connectivity index (χ2v) is 5.69. The summed E-state index contributed by atoms with van der Waals surface area (Å²) in [6, 6.07) is 6.35. The lowest BCUT2D eigenvalue weighted by Crippen LogP contribution is -2.29. The largest absolute Gasteiger partial charge is 0.496 e. The first kappa shape index (κ1) is 14.1. The van der Waals surface area contributed by atoms with E-state index in [0.29, 0.717) is 0 Å². The molecule has 2 rings (SSSR count). The molecule has 19 heavy (non-hydrogen) atoms. The normalized spacial score (nSPS) is 12.5. The lowest BCUT2D eigenvalue weighted by molar-refractivity contribution is 0.407. The van der Waals surface area contributed by atoms with Crippen LogP contribution in [-0.2, 0) is 0 Å². The molecule has 102 valence electrons. The molecule has 2 aromatic rings. The minimum absolute atomic E-state index is 0.0331. The number of thiophene rings is 1. The Balaban J connectivity index is 2.51. The fraction of sp³-hybridized carbons (Fsp3) is 0.333. The van der Waals surface area contributed by atoms with Gasteiger partial charge in [-0.3, -0.25) is 5.84 Å². The van der Waals surface area contributed by atoms with Gasteiger partial charge in [0, 0.05) is 0 Å². The average molecular weight is 276 g/mol. The summed E-state index contributed by atoms with van der Waals surface area (Å²) in [5, 5.41) is 2.02. The SMILES string of the molecule is COc1ccsc1C(NN)c1cc(C)c(C)cc1C. The number of hydrogen-bond acceptors (Lipinski definition) is 4. The van der Waals surface area contributed by atoms with E-state index in [1.165, 1.54) is 22.3 Å². The quantitative estimate of drug-likeness (QED) is 0.666. The monoisotopic (exact) mass is 276 g/mol. The molecule has 1 unspecified atom stereocenters. The highest BCUT2D eigenvalue weighted by atomic mass is 32.1. The van der Waals surface area contributed by atoms with Crippen molar-refractivity contribution in [3.05, 3.63) is 50.7 Å². The summed E-state index contributed by atoms with van der Waals surface area (Å²) in [5.41, 5.74) is 7.93. The molecule has 0 bridgehead atoms. The summed E-state index contributed by atoms with van der Waals surface area (Å²) in [4.78, 5) is 1.11. The maximum atomic E-state index is 5.78. The number of nitrogens with two attached hydrogens (primary N) is 1. The van der Waals surface area contributed by atoms with E-state index in [1.807, 2.05) is 11.4 Å². The lowest BCUT2D eigenvalue weighted by Gasteiger charge is -2.20. The molecule has 1 aromatic heterocycles. The first-order valence-electron chi connectivity index (χ1n) is 6.23. The maximum Gasteiger partial charge on any atom is 0.134 e. The average Bonchev–Trinajstić information content (AvgIpc) is 2.84. The van der Waals surface area contributed by atoms with Gasteiger partial charge < -0.3 is 4.74 Å². The van der Waals surface area contributed by atoms with E-state index in [-0.39, 0.29) is 6.04 Å². The Morgan fingerprint density at radius 2 is 1.84 bits per heavy atom. The van der Waals surface area contributed by atoms with Crippen molar-refractivity contribution in [3.8, 4) is 5.75 Å². The molecule has 0 saturated heterocycles. The fourth-order valence-electron chi connectivity index (χ4n) is 2.29. The number of hydrazine groups is 1. The van der Waals surface area contributed by atoms with Crippen LogP contribution < -0.4 is 16.0 Å². The van der Waals surface area contributed by atoms with Gasteiger partial charge in [-0.1, -0.05) is 12.1 Å². The van der Waals surface area contributed by atoms with Crippen molar-refractivity contribution in [2.24, 2.45) is 5.84 Å². The van der Waals surface area contributed by atoms with Crippen LogP contribution in [0.15, 0.2) is 23.6 Å². The van der Waals surface area contributed by atoms with Gasteiger partial charge in [-0.25, -0.2) is 5.43 Å². The summed E-state index contributed by atoms with van der Waals surface area (Å²) in [6.07, 6.45) is 0. The van der Waals surface area contributed by atoms with E-state index in [2.05, 4.69) is 38.3 Å². The molecule has 3 nitrogen and oxygen atoms in total. The van der Waals surface area contributed by atoms with Crippen LogP contribution in [0.5, 0.6) is 5.75 Å². The number of rotatable bonds is 4. The first-order valence-corrected chi connectivity index (χ1v) is 7.11. The van der Waals surface area contributed by atoms with Crippen molar-refractivity contribution in [2.45, 2.75) is 26.8 Å². The molecule has 3 N–H and O–H groups in total. The Bertz CT molecular complexity index is 578. The number of hydrogen-bond donors (Lipinski definition) is 2. The zero-order valence-electron chi connectivity index (χ0n) is 11.8. The van der Waals surface area contributed by atoms with E-state index in [4.69, 9.17) is 10.6 Å². The van der Waals surface area contributed by atoms with Gasteiger partial charge in [0.15, 0.2) is 0 Å². The van der Waals surface area contributed by atoms with Crippen molar-refractivity contribution >= 4 is 11.3 Å². The van der Waals surface area contributed by atoms with Crippen LogP contribution in [-0.4, -0.2) is 7.11 Å². The van der Waals surface area contributed by atoms with Crippen LogP contribution in [0.2, 0.25) is 0 Å². The molecule has 0 fully saturated rings. The Morgan fingerprint density at radius 1 is 1.16 bits per heavy atom. The van der Waals surface area contributed by atoms with E-state index in [1.54, 1.807) is 18.4 Å². The molecular formula is C15H20N2OS. The molecule has 0 radical (unpaired) electrons. The van der Waals surface area contributed by atoms with Crippen LogP contribution in [0.25, 0.3) is 0 Å². The van der Waals surface area contributed by atoms with E-state index in [9.17, 15) is 0 Å². The van der Waals surface area contributed by atoms with Crippen molar-refractivity contribution in [2.75, 3.05) is 7.11 Å². The molecule has 0 saturated carbocycles. The molecule has 1 aromatic carbocycles. The maximum absolute atomic E-state index is 5.78. The molecule has 1 heterocycles. The van der Waals surface area contributed by atoms with Crippen LogP contribution in [0.3, 0.4) is 0 Å². The third-order valence-corrected chi connectivity index (χ3v) is 4.46. The minimum Gasteiger partial charge on any atom is -0.496 e. The predicted octanol–water partition coefficient (Wildman–Crippen LogP) is 3.23. The highest BCUT2D eigenvalue weighted by molar-refractivity contribution is 7.10. The van der Waals surface area contributed by atoms with Crippen molar-refractivity contribution in [3.63, 3.8) is 0 Å². The second-order valence-electron chi connectivity index (χ2n) is 4.75. The predicted molar refractivity (Wildman–Crippen MR) is 80.7 cm³/mol. The first-order chi connectivity index (χ1) is 9.08. The molecule has 4 heteroatoms. The summed E-state index contributed by atoms with van der Waals surface area (Å²) in [6.45, 7) is 6.37. The summed E-state index contributed by atoms with van der Waals surface area (Å²) < 4.78 is 5.40. The molecule has 0 amide bonds. The van der Waals surface area contributed by atoms with Crippen molar-refractivity contribution in [1.29, 1.82) is 0 Å².